The molecule has 4 bridgehead atoms. The second-order valence-electron chi connectivity index (χ2n) is 14.3. The van der Waals surface area contributed by atoms with Crippen LogP contribution in [0.25, 0.3) is 22.6 Å². The van der Waals surface area contributed by atoms with Gasteiger partial charge in [0.05, 0.1) is 25.4 Å². The number of halogens is 3. The van der Waals surface area contributed by atoms with Crippen LogP contribution >= 0.6 is 0 Å². The van der Waals surface area contributed by atoms with Crippen LogP contribution in [0.3, 0.4) is 0 Å². The Bertz CT molecular complexity index is 1770. The molecule has 4 saturated heterocycles. The van der Waals surface area contributed by atoms with E-state index in [0.717, 1.165) is 45.4 Å². The average molecular weight is 678 g/mol. The third-order valence-electron chi connectivity index (χ3n) is 10.8. The van der Waals surface area contributed by atoms with E-state index < -0.39 is 11.6 Å². The Morgan fingerprint density at radius 3 is 2.49 bits per heavy atom. The Morgan fingerprint density at radius 2 is 1.80 bits per heavy atom. The van der Waals surface area contributed by atoms with Crippen molar-refractivity contribution >= 4 is 28.4 Å². The zero-order valence-corrected chi connectivity index (χ0v) is 28.7. The van der Waals surface area contributed by atoms with E-state index in [0.29, 0.717) is 60.7 Å². The van der Waals surface area contributed by atoms with Crippen molar-refractivity contribution in [1.29, 1.82) is 0 Å². The van der Waals surface area contributed by atoms with Crippen LogP contribution in [0.4, 0.5) is 19.0 Å². The molecule has 7 rings (SSSR count). The largest absolute Gasteiger partial charge is 0.508 e. The molecule has 5 atom stereocenters. The highest BCUT2D eigenvalue weighted by Crippen LogP contribution is 2.36. The molecule has 0 saturated carbocycles. The van der Waals surface area contributed by atoms with Crippen molar-refractivity contribution in [2.24, 2.45) is 5.92 Å². The van der Waals surface area contributed by atoms with E-state index in [2.05, 4.69) is 27.0 Å². The van der Waals surface area contributed by atoms with Gasteiger partial charge in [-0.15, -0.1) is 0 Å². The number of ether oxygens (including phenoxy) is 2. The molecule has 0 radical (unpaired) electrons. The van der Waals surface area contributed by atoms with Gasteiger partial charge in [0.1, 0.15) is 28.7 Å². The number of nitrogens with zero attached hydrogens (tertiary/aromatic N) is 4. The molecule has 11 heteroatoms. The minimum absolute atomic E-state index is 0.0284. The Kier molecular flexibility index (Phi) is 9.60. The van der Waals surface area contributed by atoms with Gasteiger partial charge in [0.15, 0.2) is 5.82 Å². The number of hydrogen-bond acceptors (Lipinski definition) is 8. The van der Waals surface area contributed by atoms with Gasteiger partial charge >= 0.3 is 6.01 Å². The van der Waals surface area contributed by atoms with Crippen molar-refractivity contribution < 1.29 is 27.8 Å². The first-order valence-corrected chi connectivity index (χ1v) is 17.6. The number of nitrogens with one attached hydrogen (secondary N) is 1. The summed E-state index contributed by atoms with van der Waals surface area (Å²) in [4.78, 5) is 13.9. The topological polar surface area (TPSA) is 83.0 Å². The van der Waals surface area contributed by atoms with Crippen LogP contribution in [0, 0.1) is 30.3 Å². The minimum Gasteiger partial charge on any atom is -0.508 e. The maximum atomic E-state index is 16.5. The normalized spacial score (nSPS) is 25.0. The van der Waals surface area contributed by atoms with Gasteiger partial charge in [-0.05, 0) is 92.5 Å². The molecule has 3 aromatic rings. The van der Waals surface area contributed by atoms with E-state index in [4.69, 9.17) is 14.5 Å². The third-order valence-corrected chi connectivity index (χ3v) is 10.8. The minimum atomic E-state index is -0.840. The second-order valence-corrected chi connectivity index (χ2v) is 14.3. The van der Waals surface area contributed by atoms with Gasteiger partial charge in [-0.3, -0.25) is 4.90 Å². The van der Waals surface area contributed by atoms with E-state index in [1.807, 2.05) is 6.92 Å². The number of hydrogen-bond donors (Lipinski definition) is 2. The Labute approximate surface area is 286 Å². The number of aromatic nitrogens is 2. The van der Waals surface area contributed by atoms with Gasteiger partial charge in [-0.25, -0.2) is 13.2 Å². The van der Waals surface area contributed by atoms with Gasteiger partial charge in [0.2, 0.25) is 0 Å². The molecular formula is C38H46F3N5O3. The van der Waals surface area contributed by atoms with Crippen LogP contribution in [0.5, 0.6) is 6.01 Å². The number of piperazine rings is 1. The molecule has 2 N–H and O–H groups in total. The molecule has 4 fully saturated rings. The average Bonchev–Trinajstić information content (AvgIpc) is 3.50. The quantitative estimate of drug-likeness (QED) is 0.181. The van der Waals surface area contributed by atoms with E-state index >= 15 is 8.78 Å². The number of rotatable bonds is 10. The molecule has 4 unspecified atom stereocenters. The summed E-state index contributed by atoms with van der Waals surface area (Å²) in [5.74, 6) is -1.49. The lowest BCUT2D eigenvalue weighted by molar-refractivity contribution is -0.0229. The molecular weight excluding hydrogens is 631 g/mol. The number of fused-ring (bicyclic) bond motifs is 5. The monoisotopic (exact) mass is 677 g/mol. The van der Waals surface area contributed by atoms with Crippen molar-refractivity contribution in [3.63, 3.8) is 0 Å². The summed E-state index contributed by atoms with van der Waals surface area (Å²) in [5, 5.41) is 14.7. The summed E-state index contributed by atoms with van der Waals surface area (Å²) in [6.07, 6.45) is 7.67. The van der Waals surface area contributed by atoms with E-state index in [-0.39, 0.29) is 57.6 Å². The fraction of sp³-hybridized carbons (Fsp3) is 0.526. The Hall–Kier alpha value is -3.67. The number of allylic oxidation sites excluding steroid dienone is 2. The zero-order chi connectivity index (χ0) is 34.4. The summed E-state index contributed by atoms with van der Waals surface area (Å²) in [5.41, 5.74) is 1.75. The van der Waals surface area contributed by atoms with Gasteiger partial charge in [-0.2, -0.15) is 9.97 Å². The third kappa shape index (κ3) is 6.77. The highest BCUT2D eigenvalue weighted by Gasteiger charge is 2.38. The molecule has 1 aromatic heterocycles. The van der Waals surface area contributed by atoms with Gasteiger partial charge in [0, 0.05) is 55.1 Å². The molecule has 8 nitrogen and oxygen atoms in total. The summed E-state index contributed by atoms with van der Waals surface area (Å²) >= 11 is 0. The lowest BCUT2D eigenvalue weighted by atomic mass is 9.98. The maximum absolute atomic E-state index is 16.5. The predicted molar refractivity (Wildman–Crippen MR) is 185 cm³/mol. The lowest BCUT2D eigenvalue weighted by Crippen LogP contribution is -2.51. The smallest absolute Gasteiger partial charge is 0.319 e. The molecule has 0 aliphatic carbocycles. The van der Waals surface area contributed by atoms with Crippen molar-refractivity contribution in [1.82, 2.24) is 20.2 Å². The molecule has 4 aliphatic heterocycles. The van der Waals surface area contributed by atoms with Crippen molar-refractivity contribution in [3.05, 3.63) is 69.7 Å². The Morgan fingerprint density at radius 1 is 1.08 bits per heavy atom. The molecule has 49 heavy (non-hydrogen) atoms. The summed E-state index contributed by atoms with van der Waals surface area (Å²) < 4.78 is 58.6. The van der Waals surface area contributed by atoms with E-state index in [1.54, 1.807) is 19.9 Å². The fourth-order valence-electron chi connectivity index (χ4n) is 8.26. The fourth-order valence-corrected chi connectivity index (χ4v) is 8.26. The van der Waals surface area contributed by atoms with E-state index in [1.165, 1.54) is 24.3 Å². The van der Waals surface area contributed by atoms with Crippen molar-refractivity contribution in [2.45, 2.75) is 84.0 Å². The van der Waals surface area contributed by atoms with Crippen LogP contribution < -0.4 is 15.0 Å². The first kappa shape index (κ1) is 33.8. The van der Waals surface area contributed by atoms with Gasteiger partial charge in [0.25, 0.3) is 0 Å². The highest BCUT2D eigenvalue weighted by molar-refractivity contribution is 5.93. The van der Waals surface area contributed by atoms with Crippen molar-refractivity contribution in [2.75, 3.05) is 44.4 Å². The summed E-state index contributed by atoms with van der Waals surface area (Å²) in [6, 6.07) is 5.73. The predicted octanol–water partition coefficient (Wildman–Crippen LogP) is 6.74. The van der Waals surface area contributed by atoms with Crippen LogP contribution in [0.2, 0.25) is 0 Å². The van der Waals surface area contributed by atoms with Crippen LogP contribution in [-0.2, 0) is 11.2 Å². The number of morpholine rings is 1. The zero-order valence-electron chi connectivity index (χ0n) is 28.7. The number of benzene rings is 2. The van der Waals surface area contributed by atoms with Gasteiger partial charge < -0.3 is 24.8 Å². The molecule has 262 valence electrons. The lowest BCUT2D eigenvalue weighted by Gasteiger charge is -2.36. The summed E-state index contributed by atoms with van der Waals surface area (Å²) in [7, 11) is 0. The van der Waals surface area contributed by atoms with Crippen LogP contribution in [-0.4, -0.2) is 83.6 Å². The van der Waals surface area contributed by atoms with Crippen LogP contribution in [0.15, 0.2) is 30.0 Å². The van der Waals surface area contributed by atoms with Gasteiger partial charge in [-0.1, -0.05) is 19.9 Å². The molecule has 0 amide bonds. The molecule has 2 aromatic carbocycles. The van der Waals surface area contributed by atoms with E-state index in [9.17, 15) is 9.50 Å². The first-order chi connectivity index (χ1) is 23.6. The number of aliphatic hydroxyl groups is 1. The number of aliphatic hydroxyl groups excluding tert-OH is 1. The maximum Gasteiger partial charge on any atom is 0.319 e. The second kappa shape index (κ2) is 13.9. The standard InChI is InChI=1S/C38H46F3N5O3/c1-5-30-23(4)24(6-11-32(30)39)13-29(47)12-22(3)34-33(40)14-31-36(35(34)41)43-38(44-37(31)45-16-25-7-8-26(17-45)42-25)49-18-21(2)15-46-27-9-10-28(46)20-48-19-27/h6,11-14,21,25-28,42,47H,5,7-10,15-20H2,1-4H3/b22-12+,29-13+/t21-,25?,26?,27?,28?/m1/s1. The van der Waals surface area contributed by atoms with Crippen molar-refractivity contribution in [3.8, 4) is 6.01 Å². The molecule has 4 aliphatic rings. The number of anilines is 1. The van der Waals surface area contributed by atoms with Crippen LogP contribution in [0.1, 0.15) is 68.7 Å². The summed E-state index contributed by atoms with van der Waals surface area (Å²) in [6.45, 7) is 11.4. The highest BCUT2D eigenvalue weighted by atomic mass is 19.1. The Balaban J connectivity index is 1.21. The molecule has 0 spiro atoms. The SMILES string of the molecule is CCc1c(F)ccc(/C=C(O)\C=C(/C)c2c(F)cc3c(N4CC5CCC(C4)N5)nc(OC[C@H](C)CN4C5CCC4COC5)nc3c2F)c1C. The molecule has 5 heterocycles. The first-order valence-electron chi connectivity index (χ1n) is 17.6.